The number of aryl methyl sites for hydroxylation is 2. The lowest BCUT2D eigenvalue weighted by molar-refractivity contribution is 0.421. The molecular weight excluding hydrogens is 445 g/mol. The van der Waals surface area contributed by atoms with Crippen LogP contribution in [0.15, 0.2) is 35.7 Å². The molecule has 0 fully saturated rings. The Morgan fingerprint density at radius 1 is 1.32 bits per heavy atom. The highest BCUT2D eigenvalue weighted by molar-refractivity contribution is 14.1. The minimum atomic E-state index is -1.71. The third-order valence-corrected chi connectivity index (χ3v) is 4.92. The van der Waals surface area contributed by atoms with E-state index in [0.717, 1.165) is 32.0 Å². The normalized spacial score (nSPS) is 11.8. The minimum Gasteiger partial charge on any atom is -0.532 e. The van der Waals surface area contributed by atoms with Gasteiger partial charge in [-0.15, -0.1) is 0 Å². The van der Waals surface area contributed by atoms with Crippen molar-refractivity contribution < 1.29 is 9.16 Å². The van der Waals surface area contributed by atoms with Crippen molar-refractivity contribution in [3.8, 4) is 11.5 Å². The van der Waals surface area contributed by atoms with Crippen LogP contribution in [0.3, 0.4) is 0 Å². The Morgan fingerprint density at radius 3 is 2.56 bits per heavy atom. The molecular formula is C18H24IN3O2Si. The number of aromatic nitrogens is 2. The molecule has 0 spiro atoms. The molecule has 0 aliphatic heterocycles. The van der Waals surface area contributed by atoms with Gasteiger partial charge in [0, 0.05) is 22.4 Å². The second-order valence-electron chi connectivity index (χ2n) is 6.77. The highest BCUT2D eigenvalue weighted by atomic mass is 127. The molecule has 0 amide bonds. The van der Waals surface area contributed by atoms with Crippen LogP contribution in [0.25, 0.3) is 0 Å². The van der Waals surface area contributed by atoms with Crippen molar-refractivity contribution in [2.24, 2.45) is 12.0 Å². The van der Waals surface area contributed by atoms with Gasteiger partial charge in [-0.1, -0.05) is 0 Å². The lowest BCUT2D eigenvalue weighted by Gasteiger charge is -2.18. The third-order valence-electron chi connectivity index (χ3n) is 3.40. The fraction of sp³-hybridized carbons (Fsp3) is 0.333. The molecule has 2 rings (SSSR count). The zero-order chi connectivity index (χ0) is 18.8. The number of halogens is 1. The Labute approximate surface area is 164 Å². The maximum absolute atomic E-state index is 6.14. The van der Waals surface area contributed by atoms with Crippen LogP contribution >= 0.6 is 22.6 Å². The van der Waals surface area contributed by atoms with E-state index in [2.05, 4.69) is 58.9 Å². The molecule has 0 N–H and O–H groups in total. The summed E-state index contributed by atoms with van der Waals surface area (Å²) in [5.74, 6) is 1.93. The second kappa shape index (κ2) is 7.73. The van der Waals surface area contributed by atoms with E-state index >= 15 is 0 Å². The number of rotatable bonds is 6. The van der Waals surface area contributed by atoms with Gasteiger partial charge in [-0.3, -0.25) is 4.68 Å². The maximum atomic E-state index is 6.14. The van der Waals surface area contributed by atoms with Gasteiger partial charge in [0.15, 0.2) is 11.6 Å². The molecule has 1 aromatic carbocycles. The highest BCUT2D eigenvalue weighted by Gasteiger charge is 2.17. The van der Waals surface area contributed by atoms with E-state index in [4.69, 9.17) is 9.16 Å². The quantitative estimate of drug-likeness (QED) is 0.254. The number of benzene rings is 1. The molecule has 1 heterocycles. The molecule has 0 unspecified atom stereocenters. The molecule has 0 saturated carbocycles. The van der Waals surface area contributed by atoms with Crippen molar-refractivity contribution >= 4 is 37.1 Å². The number of hydrogen-bond donors (Lipinski definition) is 0. The van der Waals surface area contributed by atoms with Crippen LogP contribution < -0.4 is 4.74 Å². The topological polar surface area (TPSA) is 48.6 Å². The van der Waals surface area contributed by atoms with Crippen LogP contribution in [0.2, 0.25) is 19.6 Å². The molecule has 1 aromatic heterocycles. The van der Waals surface area contributed by atoms with Crippen molar-refractivity contribution in [3.63, 3.8) is 0 Å². The van der Waals surface area contributed by atoms with Gasteiger partial charge in [0.05, 0.1) is 5.69 Å². The molecule has 0 atom stereocenters. The SMILES string of the molecule is C=C(N=Cc1cc(I)ccc1Oc1c(C)nn(C)c1C)O[Si](C)(C)C. The lowest BCUT2D eigenvalue weighted by Crippen LogP contribution is -2.24. The molecule has 0 bridgehead atoms. The predicted octanol–water partition coefficient (Wildman–Crippen LogP) is 5.18. The number of ether oxygens (including phenoxy) is 1. The molecule has 134 valence electrons. The van der Waals surface area contributed by atoms with E-state index in [1.807, 2.05) is 43.8 Å². The van der Waals surface area contributed by atoms with Crippen molar-refractivity contribution in [2.45, 2.75) is 33.5 Å². The fourth-order valence-electron chi connectivity index (χ4n) is 2.25. The van der Waals surface area contributed by atoms with Gasteiger partial charge in [-0.25, -0.2) is 4.99 Å². The summed E-state index contributed by atoms with van der Waals surface area (Å²) in [5.41, 5.74) is 2.70. The van der Waals surface area contributed by atoms with E-state index < -0.39 is 8.32 Å². The summed E-state index contributed by atoms with van der Waals surface area (Å²) in [6.45, 7) is 14.1. The molecule has 0 aliphatic carbocycles. The first-order valence-corrected chi connectivity index (χ1v) is 12.4. The summed E-state index contributed by atoms with van der Waals surface area (Å²) in [6.07, 6.45) is 1.74. The summed E-state index contributed by atoms with van der Waals surface area (Å²) < 4.78 is 14.8. The van der Waals surface area contributed by atoms with Crippen LogP contribution in [0.1, 0.15) is 17.0 Å². The molecule has 0 radical (unpaired) electrons. The zero-order valence-corrected chi connectivity index (χ0v) is 18.7. The van der Waals surface area contributed by atoms with Gasteiger partial charge in [0.1, 0.15) is 11.4 Å². The average Bonchev–Trinajstić information content (AvgIpc) is 2.72. The molecule has 25 heavy (non-hydrogen) atoms. The van der Waals surface area contributed by atoms with Crippen molar-refractivity contribution in [1.29, 1.82) is 0 Å². The van der Waals surface area contributed by atoms with Crippen LogP contribution in [0, 0.1) is 17.4 Å². The third kappa shape index (κ3) is 5.43. The summed E-state index contributed by atoms with van der Waals surface area (Å²) in [4.78, 5) is 4.36. The number of nitrogens with zero attached hydrogens (tertiary/aromatic N) is 3. The Hall–Kier alpha value is -1.61. The lowest BCUT2D eigenvalue weighted by atomic mass is 10.2. The van der Waals surface area contributed by atoms with Gasteiger partial charge in [0.2, 0.25) is 8.32 Å². The average molecular weight is 469 g/mol. The Balaban J connectivity index is 2.30. The Kier molecular flexibility index (Phi) is 6.10. The molecule has 0 saturated heterocycles. The van der Waals surface area contributed by atoms with E-state index in [0.29, 0.717) is 5.88 Å². The Morgan fingerprint density at radius 2 is 2.00 bits per heavy atom. The monoisotopic (exact) mass is 469 g/mol. The standard InChI is InChI=1S/C18H24IN3O2Si/c1-12-18(13(2)22(4)21-12)23-17-9-8-16(19)10-15(17)11-20-14(3)24-25(5,6)7/h8-11H,3H2,1-2,4-7H3. The summed E-state index contributed by atoms with van der Waals surface area (Å²) in [6, 6.07) is 5.96. The summed E-state index contributed by atoms with van der Waals surface area (Å²) in [5, 5.41) is 4.40. The van der Waals surface area contributed by atoms with Crippen molar-refractivity contribution in [1.82, 2.24) is 9.78 Å². The Bertz CT molecular complexity index is 822. The van der Waals surface area contributed by atoms with Gasteiger partial charge in [0.25, 0.3) is 0 Å². The van der Waals surface area contributed by atoms with Gasteiger partial charge in [-0.05, 0) is 80.9 Å². The fourth-order valence-corrected chi connectivity index (χ4v) is 3.52. The first-order chi connectivity index (χ1) is 11.6. The van der Waals surface area contributed by atoms with Crippen LogP contribution in [-0.4, -0.2) is 24.3 Å². The molecule has 0 aliphatic rings. The van der Waals surface area contributed by atoms with Crippen LogP contribution in [0.5, 0.6) is 11.5 Å². The van der Waals surface area contributed by atoms with E-state index in [-0.39, 0.29) is 0 Å². The van der Waals surface area contributed by atoms with Crippen LogP contribution in [-0.2, 0) is 11.5 Å². The van der Waals surface area contributed by atoms with Gasteiger partial charge < -0.3 is 9.16 Å². The van der Waals surface area contributed by atoms with Crippen molar-refractivity contribution in [3.05, 3.63) is 51.2 Å². The van der Waals surface area contributed by atoms with E-state index in [9.17, 15) is 0 Å². The minimum absolute atomic E-state index is 0.428. The zero-order valence-electron chi connectivity index (χ0n) is 15.6. The first kappa shape index (κ1) is 19.7. The number of hydrogen-bond acceptors (Lipinski definition) is 4. The van der Waals surface area contributed by atoms with E-state index in [1.165, 1.54) is 0 Å². The molecule has 7 heteroatoms. The van der Waals surface area contributed by atoms with Crippen LogP contribution in [0.4, 0.5) is 0 Å². The van der Waals surface area contributed by atoms with Crippen molar-refractivity contribution in [2.75, 3.05) is 0 Å². The largest absolute Gasteiger partial charge is 0.532 e. The first-order valence-electron chi connectivity index (χ1n) is 7.96. The smallest absolute Gasteiger partial charge is 0.244 e. The second-order valence-corrected chi connectivity index (χ2v) is 12.4. The summed E-state index contributed by atoms with van der Waals surface area (Å²) >= 11 is 2.27. The molecule has 5 nitrogen and oxygen atoms in total. The van der Waals surface area contributed by atoms with Gasteiger partial charge >= 0.3 is 0 Å². The summed E-state index contributed by atoms with van der Waals surface area (Å²) in [7, 11) is 0.193. The highest BCUT2D eigenvalue weighted by Crippen LogP contribution is 2.30. The number of aliphatic imine (C=N–C) groups is 1. The predicted molar refractivity (Wildman–Crippen MR) is 113 cm³/mol. The molecule has 2 aromatic rings. The van der Waals surface area contributed by atoms with E-state index in [1.54, 1.807) is 6.21 Å². The van der Waals surface area contributed by atoms with Gasteiger partial charge in [-0.2, -0.15) is 5.10 Å². The maximum Gasteiger partial charge on any atom is 0.244 e.